The first-order chi connectivity index (χ1) is 12.9. The van der Waals surface area contributed by atoms with Gasteiger partial charge in [0.15, 0.2) is 0 Å². The minimum atomic E-state index is 0.426. The molecule has 2 rings (SSSR count). The Kier molecular flexibility index (Phi) is 15.7. The largest absolute Gasteiger partial charge is 0.240 e. The maximum Gasteiger partial charge on any atom is 0.240 e. The number of hydrogen-bond acceptors (Lipinski definition) is 8. The van der Waals surface area contributed by atoms with E-state index in [4.69, 9.17) is 20.4 Å². The van der Waals surface area contributed by atoms with E-state index in [1.165, 1.54) is 29.4 Å². The monoisotopic (exact) mass is 366 g/mol. The van der Waals surface area contributed by atoms with Crippen LogP contribution in [0, 0.1) is 31.6 Å². The fourth-order valence-electron chi connectivity index (χ4n) is 1.55. The molecule has 2 N–H and O–H groups in total. The highest BCUT2D eigenvalue weighted by molar-refractivity contribution is 5.61. The minimum absolute atomic E-state index is 0.426. The molecule has 8 heteroatoms. The average molecular weight is 366 g/mol. The first-order valence-electron chi connectivity index (χ1n) is 7.28. The van der Waals surface area contributed by atoms with Gasteiger partial charge in [-0.25, -0.2) is 30.0 Å². The lowest BCUT2D eigenvalue weighted by Gasteiger charge is -1.97. The van der Waals surface area contributed by atoms with Crippen molar-refractivity contribution in [2.45, 2.75) is 20.8 Å². The highest BCUT2D eigenvalue weighted by Crippen LogP contribution is 2.23. The van der Waals surface area contributed by atoms with Crippen molar-refractivity contribution < 1.29 is 19.2 Å². The van der Waals surface area contributed by atoms with Crippen LogP contribution in [0.15, 0.2) is 52.4 Å². The van der Waals surface area contributed by atoms with Crippen molar-refractivity contribution in [1.82, 2.24) is 0 Å². The van der Waals surface area contributed by atoms with Gasteiger partial charge in [-0.3, -0.25) is 0 Å². The minimum Gasteiger partial charge on any atom is -0.222 e. The molecular formula is C19H18N4O4. The summed E-state index contributed by atoms with van der Waals surface area (Å²) in [4.78, 5) is 43.5. The Morgan fingerprint density at radius 3 is 1.52 bits per heavy atom. The molecule has 0 heterocycles. The number of isocyanates is 4. The van der Waals surface area contributed by atoms with E-state index in [0.29, 0.717) is 11.4 Å². The van der Waals surface area contributed by atoms with Crippen LogP contribution in [0.2, 0.25) is 0 Å². The van der Waals surface area contributed by atoms with Crippen molar-refractivity contribution in [3.05, 3.63) is 59.2 Å². The molecule has 8 nitrogen and oxygen atoms in total. The van der Waals surface area contributed by atoms with E-state index >= 15 is 0 Å². The third kappa shape index (κ3) is 13.0. The van der Waals surface area contributed by atoms with Crippen molar-refractivity contribution in [2.24, 2.45) is 9.98 Å². The third-order valence-electron chi connectivity index (χ3n) is 2.96. The van der Waals surface area contributed by atoms with Crippen molar-refractivity contribution in [1.29, 1.82) is 10.8 Å². The van der Waals surface area contributed by atoms with Crippen molar-refractivity contribution in [3.8, 4) is 0 Å². The molecule has 0 aliphatic rings. The Hall–Kier alpha value is -4.04. The fourth-order valence-corrected chi connectivity index (χ4v) is 1.55. The fraction of sp³-hybridized carbons (Fsp3) is 0.158. The summed E-state index contributed by atoms with van der Waals surface area (Å²) >= 11 is 0. The number of rotatable bonds is 2. The van der Waals surface area contributed by atoms with E-state index in [9.17, 15) is 9.59 Å². The summed E-state index contributed by atoms with van der Waals surface area (Å²) in [7, 11) is 0. The zero-order valence-electron chi connectivity index (χ0n) is 15.1. The van der Waals surface area contributed by atoms with Gasteiger partial charge in [-0.1, -0.05) is 30.3 Å². The van der Waals surface area contributed by atoms with Crippen LogP contribution in [-0.2, 0) is 19.2 Å². The Morgan fingerprint density at radius 1 is 0.704 bits per heavy atom. The predicted molar refractivity (Wildman–Crippen MR) is 99.5 cm³/mol. The number of aryl methyl sites for hydroxylation is 3. The molecule has 0 aliphatic carbocycles. The topological polar surface area (TPSA) is 141 Å². The van der Waals surface area contributed by atoms with Crippen LogP contribution in [0.25, 0.3) is 0 Å². The van der Waals surface area contributed by atoms with E-state index in [0.717, 1.165) is 17.7 Å². The van der Waals surface area contributed by atoms with E-state index in [1.54, 1.807) is 19.1 Å². The van der Waals surface area contributed by atoms with Gasteiger partial charge in [-0.15, -0.1) is 0 Å². The molecule has 0 radical (unpaired) electrons. The van der Waals surface area contributed by atoms with Crippen LogP contribution < -0.4 is 0 Å². The number of aliphatic imine (C=N–C) groups is 2. The zero-order valence-corrected chi connectivity index (χ0v) is 15.1. The quantitative estimate of drug-likeness (QED) is 0.611. The van der Waals surface area contributed by atoms with Crippen LogP contribution in [0.5, 0.6) is 0 Å². The van der Waals surface area contributed by atoms with Gasteiger partial charge in [-0.05, 0) is 49.6 Å². The lowest BCUT2D eigenvalue weighted by molar-refractivity contribution is 0.562. The molecule has 0 fully saturated rings. The molecule has 0 saturated heterocycles. The van der Waals surface area contributed by atoms with Gasteiger partial charge in [0, 0.05) is 0 Å². The second-order valence-corrected chi connectivity index (χ2v) is 4.67. The summed E-state index contributed by atoms with van der Waals surface area (Å²) in [6.45, 7) is 6.04. The molecule has 0 atom stereocenters. The molecule has 0 spiro atoms. The highest BCUT2D eigenvalue weighted by atomic mass is 16.1. The Bertz CT molecular complexity index is 851. The molecule has 0 bridgehead atoms. The summed E-state index contributed by atoms with van der Waals surface area (Å²) in [5.74, 6) is 0. The standard InChI is InChI=1S/C9H6N2O2.C8H10.2CHNO/c1-7-2-3-8(10-5-12)4-9(7)11-6-13;1-7-5-3-4-6-8(7)2;2*2-1-3/h2-4H,1H3;3-6H,1-2H3;2*2H. The Balaban J connectivity index is 0. The van der Waals surface area contributed by atoms with Crippen LogP contribution in [0.4, 0.5) is 11.4 Å². The summed E-state index contributed by atoms with van der Waals surface area (Å²) in [5, 5.41) is 10.8. The number of benzene rings is 2. The van der Waals surface area contributed by atoms with E-state index in [-0.39, 0.29) is 0 Å². The lowest BCUT2D eigenvalue weighted by atomic mass is 10.1. The van der Waals surface area contributed by atoms with Gasteiger partial charge in [0.2, 0.25) is 24.3 Å². The third-order valence-corrected chi connectivity index (χ3v) is 2.96. The normalized spacial score (nSPS) is 7.37. The number of nitrogens with zero attached hydrogens (tertiary/aromatic N) is 2. The Labute approximate surface area is 156 Å². The van der Waals surface area contributed by atoms with Crippen LogP contribution in [-0.4, -0.2) is 24.3 Å². The molecule has 138 valence electrons. The van der Waals surface area contributed by atoms with Gasteiger partial charge in [0.1, 0.15) is 0 Å². The SMILES string of the molecule is Cc1ccc(N=C=O)cc1N=C=O.Cc1ccccc1C.N=C=O.N=C=O. The molecule has 2 aromatic rings. The first kappa shape index (κ1) is 25.2. The highest BCUT2D eigenvalue weighted by Gasteiger charge is 1.97. The molecule has 0 saturated carbocycles. The molecule has 0 amide bonds. The van der Waals surface area contributed by atoms with Gasteiger partial charge in [0.05, 0.1) is 11.4 Å². The maximum absolute atomic E-state index is 10.00. The van der Waals surface area contributed by atoms with Crippen LogP contribution in [0.1, 0.15) is 16.7 Å². The number of carbonyl (C=O) groups excluding carboxylic acids is 4. The summed E-state index contributed by atoms with van der Waals surface area (Å²) in [5.41, 5.74) is 4.45. The van der Waals surface area contributed by atoms with E-state index in [1.807, 2.05) is 0 Å². The molecule has 2 aromatic carbocycles. The lowest BCUT2D eigenvalue weighted by Crippen LogP contribution is -1.74. The molecule has 0 aliphatic heterocycles. The van der Waals surface area contributed by atoms with Gasteiger partial charge in [0.25, 0.3) is 0 Å². The maximum atomic E-state index is 10.00. The number of hydrogen-bond donors (Lipinski definition) is 2. The van der Waals surface area contributed by atoms with Gasteiger partial charge in [-0.2, -0.15) is 9.98 Å². The summed E-state index contributed by atoms with van der Waals surface area (Å²) in [6.07, 6.45) is 4.34. The summed E-state index contributed by atoms with van der Waals surface area (Å²) in [6, 6.07) is 13.2. The summed E-state index contributed by atoms with van der Waals surface area (Å²) < 4.78 is 0. The van der Waals surface area contributed by atoms with Gasteiger partial charge < -0.3 is 0 Å². The van der Waals surface area contributed by atoms with E-state index in [2.05, 4.69) is 48.1 Å². The molecule has 0 aromatic heterocycles. The second-order valence-electron chi connectivity index (χ2n) is 4.67. The number of nitrogens with one attached hydrogen (secondary N) is 2. The average Bonchev–Trinajstić information content (AvgIpc) is 2.63. The van der Waals surface area contributed by atoms with Crippen molar-refractivity contribution >= 4 is 35.7 Å². The van der Waals surface area contributed by atoms with Crippen LogP contribution in [0.3, 0.4) is 0 Å². The smallest absolute Gasteiger partial charge is 0.222 e. The Morgan fingerprint density at radius 2 is 1.15 bits per heavy atom. The molecule has 27 heavy (non-hydrogen) atoms. The zero-order chi connectivity index (χ0) is 21.1. The predicted octanol–water partition coefficient (Wildman–Crippen LogP) is 4.04. The van der Waals surface area contributed by atoms with Crippen molar-refractivity contribution in [2.75, 3.05) is 0 Å². The second kappa shape index (κ2) is 16.8. The van der Waals surface area contributed by atoms with E-state index < -0.39 is 0 Å². The first-order valence-corrected chi connectivity index (χ1v) is 7.28. The van der Waals surface area contributed by atoms with Gasteiger partial charge >= 0.3 is 0 Å². The molecule has 0 unspecified atom stereocenters. The molecular weight excluding hydrogens is 348 g/mol. The van der Waals surface area contributed by atoms with Crippen LogP contribution >= 0.6 is 0 Å². The van der Waals surface area contributed by atoms with Crippen molar-refractivity contribution in [3.63, 3.8) is 0 Å².